The Labute approximate surface area is 93.6 Å². The van der Waals surface area contributed by atoms with Crippen molar-refractivity contribution >= 4 is 11.1 Å². The average molecular weight is 218 g/mol. The molecule has 0 aliphatic carbocycles. The van der Waals surface area contributed by atoms with E-state index in [0.717, 1.165) is 24.2 Å². The number of hydrogen-bond acceptors (Lipinski definition) is 4. The number of rotatable bonds is 3. The molecule has 1 aliphatic heterocycles. The second kappa shape index (κ2) is 4.14. The third-order valence-corrected chi connectivity index (χ3v) is 2.88. The summed E-state index contributed by atoms with van der Waals surface area (Å²) in [4.78, 5) is 4.26. The fourth-order valence-corrected chi connectivity index (χ4v) is 1.96. The molecule has 1 saturated heterocycles. The monoisotopic (exact) mass is 218 g/mol. The molecule has 1 aromatic carbocycles. The van der Waals surface area contributed by atoms with E-state index in [0.29, 0.717) is 18.6 Å². The summed E-state index contributed by atoms with van der Waals surface area (Å²) in [5.74, 6) is 0.579. The van der Waals surface area contributed by atoms with Gasteiger partial charge in [-0.15, -0.1) is 0 Å². The van der Waals surface area contributed by atoms with Crippen LogP contribution in [0.15, 0.2) is 28.7 Å². The van der Waals surface area contributed by atoms with Crippen molar-refractivity contribution in [2.75, 3.05) is 19.7 Å². The second-order valence-electron chi connectivity index (χ2n) is 4.12. The number of benzene rings is 1. The van der Waals surface area contributed by atoms with Crippen LogP contribution in [0.4, 0.5) is 0 Å². The van der Waals surface area contributed by atoms with E-state index < -0.39 is 0 Å². The van der Waals surface area contributed by atoms with Crippen molar-refractivity contribution in [2.24, 2.45) is 5.92 Å². The SMILES string of the molecule is c1ccc2oc(OCC3CCNC3)nc2c1. The Morgan fingerprint density at radius 3 is 3.19 bits per heavy atom. The van der Waals surface area contributed by atoms with Crippen molar-refractivity contribution < 1.29 is 9.15 Å². The van der Waals surface area contributed by atoms with E-state index >= 15 is 0 Å². The topological polar surface area (TPSA) is 47.3 Å². The fraction of sp³-hybridized carbons (Fsp3) is 0.417. The summed E-state index contributed by atoms with van der Waals surface area (Å²) in [6.45, 7) is 2.79. The smallest absolute Gasteiger partial charge is 0.394 e. The fourth-order valence-electron chi connectivity index (χ4n) is 1.96. The number of fused-ring (bicyclic) bond motifs is 1. The number of ether oxygens (including phenoxy) is 1. The summed E-state index contributed by atoms with van der Waals surface area (Å²) in [6.07, 6.45) is 1.55. The van der Waals surface area contributed by atoms with Crippen LogP contribution in [0.25, 0.3) is 11.1 Å². The van der Waals surface area contributed by atoms with Gasteiger partial charge in [-0.05, 0) is 25.1 Å². The number of nitrogens with zero attached hydrogens (tertiary/aromatic N) is 1. The van der Waals surface area contributed by atoms with Gasteiger partial charge in [-0.2, -0.15) is 4.98 Å². The third kappa shape index (κ3) is 1.88. The molecule has 0 amide bonds. The van der Waals surface area contributed by atoms with E-state index in [-0.39, 0.29) is 0 Å². The molecular weight excluding hydrogens is 204 g/mol. The minimum atomic E-state index is 0.383. The highest BCUT2D eigenvalue weighted by molar-refractivity contribution is 5.72. The normalized spacial score (nSPS) is 20.4. The summed E-state index contributed by atoms with van der Waals surface area (Å²) >= 11 is 0. The molecule has 0 spiro atoms. The van der Waals surface area contributed by atoms with Crippen molar-refractivity contribution in [1.82, 2.24) is 10.3 Å². The largest absolute Gasteiger partial charge is 0.450 e. The summed E-state index contributed by atoms with van der Waals surface area (Å²) in [6, 6.07) is 7.68. The van der Waals surface area contributed by atoms with Crippen molar-refractivity contribution in [3.63, 3.8) is 0 Å². The van der Waals surface area contributed by atoms with E-state index in [1.165, 1.54) is 6.42 Å². The molecule has 0 bridgehead atoms. The lowest BCUT2D eigenvalue weighted by Crippen LogP contribution is -2.15. The van der Waals surface area contributed by atoms with E-state index in [2.05, 4.69) is 10.3 Å². The predicted molar refractivity (Wildman–Crippen MR) is 60.5 cm³/mol. The van der Waals surface area contributed by atoms with Gasteiger partial charge >= 0.3 is 6.08 Å². The Balaban J connectivity index is 1.69. The lowest BCUT2D eigenvalue weighted by Gasteiger charge is -2.06. The first-order valence-corrected chi connectivity index (χ1v) is 5.61. The Kier molecular flexibility index (Phi) is 2.50. The summed E-state index contributed by atoms with van der Waals surface area (Å²) in [7, 11) is 0. The molecule has 2 heterocycles. The van der Waals surface area contributed by atoms with Gasteiger partial charge in [0.25, 0.3) is 0 Å². The van der Waals surface area contributed by atoms with Crippen LogP contribution in [0.2, 0.25) is 0 Å². The van der Waals surface area contributed by atoms with Crippen LogP contribution in [0.5, 0.6) is 6.08 Å². The quantitative estimate of drug-likeness (QED) is 0.853. The van der Waals surface area contributed by atoms with E-state index in [9.17, 15) is 0 Å². The van der Waals surface area contributed by atoms with Gasteiger partial charge < -0.3 is 14.5 Å². The van der Waals surface area contributed by atoms with Crippen LogP contribution in [-0.4, -0.2) is 24.7 Å². The zero-order valence-electron chi connectivity index (χ0n) is 8.98. The van der Waals surface area contributed by atoms with Gasteiger partial charge in [0.05, 0.1) is 6.61 Å². The molecule has 3 rings (SSSR count). The highest BCUT2D eigenvalue weighted by atomic mass is 16.6. The van der Waals surface area contributed by atoms with E-state index in [4.69, 9.17) is 9.15 Å². The lowest BCUT2D eigenvalue weighted by atomic mass is 10.1. The Morgan fingerprint density at radius 2 is 2.38 bits per heavy atom. The molecule has 1 atom stereocenters. The predicted octanol–water partition coefficient (Wildman–Crippen LogP) is 1.82. The molecule has 1 unspecified atom stereocenters. The number of para-hydroxylation sites is 2. The van der Waals surface area contributed by atoms with Crippen LogP contribution in [0.3, 0.4) is 0 Å². The summed E-state index contributed by atoms with van der Waals surface area (Å²) in [5.41, 5.74) is 1.63. The van der Waals surface area contributed by atoms with Gasteiger partial charge in [0.1, 0.15) is 5.52 Å². The minimum absolute atomic E-state index is 0.383. The molecule has 4 heteroatoms. The van der Waals surface area contributed by atoms with Crippen molar-refractivity contribution in [1.29, 1.82) is 0 Å². The number of aromatic nitrogens is 1. The maximum Gasteiger partial charge on any atom is 0.394 e. The Morgan fingerprint density at radius 1 is 1.44 bits per heavy atom. The minimum Gasteiger partial charge on any atom is -0.450 e. The highest BCUT2D eigenvalue weighted by Gasteiger charge is 2.16. The average Bonchev–Trinajstić information content (AvgIpc) is 2.95. The van der Waals surface area contributed by atoms with Crippen LogP contribution in [0, 0.1) is 5.92 Å². The first-order valence-electron chi connectivity index (χ1n) is 5.61. The van der Waals surface area contributed by atoms with Crippen LogP contribution < -0.4 is 10.1 Å². The molecule has 2 aromatic rings. The van der Waals surface area contributed by atoms with Crippen molar-refractivity contribution in [3.05, 3.63) is 24.3 Å². The molecule has 4 nitrogen and oxygen atoms in total. The van der Waals surface area contributed by atoms with E-state index in [1.807, 2.05) is 24.3 Å². The van der Waals surface area contributed by atoms with Gasteiger partial charge in [0, 0.05) is 12.5 Å². The number of oxazole rings is 1. The first-order chi connectivity index (χ1) is 7.92. The molecular formula is C12H14N2O2. The molecule has 0 saturated carbocycles. The first kappa shape index (κ1) is 9.66. The van der Waals surface area contributed by atoms with Gasteiger partial charge in [-0.25, -0.2) is 0 Å². The molecule has 16 heavy (non-hydrogen) atoms. The van der Waals surface area contributed by atoms with E-state index in [1.54, 1.807) is 0 Å². The molecule has 1 fully saturated rings. The second-order valence-corrected chi connectivity index (χ2v) is 4.12. The Bertz CT molecular complexity index is 442. The zero-order chi connectivity index (χ0) is 10.8. The standard InChI is InChI=1S/C12H14N2O2/c1-2-4-11-10(3-1)14-12(16-11)15-8-9-5-6-13-7-9/h1-4,9,13H,5-8H2. The van der Waals surface area contributed by atoms with Crippen LogP contribution in [0.1, 0.15) is 6.42 Å². The number of nitrogens with one attached hydrogen (secondary N) is 1. The van der Waals surface area contributed by atoms with Crippen molar-refractivity contribution in [3.8, 4) is 6.08 Å². The zero-order valence-corrected chi connectivity index (χ0v) is 8.98. The third-order valence-electron chi connectivity index (χ3n) is 2.88. The molecule has 1 N–H and O–H groups in total. The van der Waals surface area contributed by atoms with Gasteiger partial charge in [-0.1, -0.05) is 12.1 Å². The highest BCUT2D eigenvalue weighted by Crippen LogP contribution is 2.20. The van der Waals surface area contributed by atoms with Crippen molar-refractivity contribution in [2.45, 2.75) is 6.42 Å². The molecule has 0 radical (unpaired) electrons. The van der Waals surface area contributed by atoms with Gasteiger partial charge in [0.2, 0.25) is 0 Å². The lowest BCUT2D eigenvalue weighted by molar-refractivity contribution is 0.200. The molecule has 1 aromatic heterocycles. The maximum atomic E-state index is 5.56. The van der Waals surface area contributed by atoms with Crippen LogP contribution >= 0.6 is 0 Å². The molecule has 84 valence electrons. The Hall–Kier alpha value is -1.55. The summed E-state index contributed by atoms with van der Waals surface area (Å²) < 4.78 is 11.0. The van der Waals surface area contributed by atoms with Gasteiger partial charge in [0.15, 0.2) is 5.58 Å². The molecule has 1 aliphatic rings. The van der Waals surface area contributed by atoms with Crippen LogP contribution in [-0.2, 0) is 0 Å². The summed E-state index contributed by atoms with van der Waals surface area (Å²) in [5, 5.41) is 3.30. The number of hydrogen-bond donors (Lipinski definition) is 1. The maximum absolute atomic E-state index is 5.56. The van der Waals surface area contributed by atoms with Gasteiger partial charge in [-0.3, -0.25) is 0 Å².